The van der Waals surface area contributed by atoms with E-state index in [-0.39, 0.29) is 5.91 Å². The van der Waals surface area contributed by atoms with Crippen LogP contribution in [0.1, 0.15) is 20.9 Å². The highest BCUT2D eigenvalue weighted by Gasteiger charge is 2.15. The number of nitrogens with one attached hydrogen (secondary N) is 3. The summed E-state index contributed by atoms with van der Waals surface area (Å²) in [7, 11) is 0. The molecule has 174 valence electrons. The van der Waals surface area contributed by atoms with Crippen molar-refractivity contribution in [3.8, 4) is 6.01 Å². The molecule has 2 aromatic heterocycles. The zero-order chi connectivity index (χ0) is 23.2. The standard InChI is InChI=1S/C22H26ClN7O2S/c1-14-4-3-5-16(23)19(14)29-20(31)17-13-25-22(33-17)28-18-12-15(2)26-21(27-18)32-11-10-30-8-6-24-7-9-30/h3-5,12-13,24H,6-11H2,1-2H3,(H,29,31)(H,25,26,27,28). The minimum absolute atomic E-state index is 0.271. The second kappa shape index (κ2) is 10.9. The number of aryl methyl sites for hydroxylation is 2. The number of carbonyl (C=O) groups is 1. The number of rotatable bonds is 8. The molecule has 3 N–H and O–H groups in total. The van der Waals surface area contributed by atoms with Crippen molar-refractivity contribution in [1.82, 2.24) is 25.2 Å². The maximum Gasteiger partial charge on any atom is 0.318 e. The molecule has 0 saturated carbocycles. The molecule has 0 bridgehead atoms. The number of nitrogens with zero attached hydrogens (tertiary/aromatic N) is 4. The lowest BCUT2D eigenvalue weighted by molar-refractivity contribution is 0.103. The van der Waals surface area contributed by atoms with Crippen molar-refractivity contribution in [2.75, 3.05) is 50.0 Å². The second-order valence-corrected chi connectivity index (χ2v) is 9.10. The van der Waals surface area contributed by atoms with Gasteiger partial charge >= 0.3 is 6.01 Å². The molecule has 0 unspecified atom stereocenters. The first-order chi connectivity index (χ1) is 16.0. The molecule has 3 heterocycles. The summed E-state index contributed by atoms with van der Waals surface area (Å²) in [6, 6.07) is 7.59. The Labute approximate surface area is 201 Å². The maximum atomic E-state index is 12.7. The van der Waals surface area contributed by atoms with Crippen LogP contribution in [-0.4, -0.2) is 65.1 Å². The minimum Gasteiger partial charge on any atom is -0.462 e. The normalized spacial score (nSPS) is 14.2. The van der Waals surface area contributed by atoms with E-state index < -0.39 is 0 Å². The lowest BCUT2D eigenvalue weighted by Crippen LogP contribution is -2.44. The van der Waals surface area contributed by atoms with E-state index in [1.54, 1.807) is 12.1 Å². The number of halogens is 1. The summed E-state index contributed by atoms with van der Waals surface area (Å²) >= 11 is 7.44. The molecule has 1 saturated heterocycles. The zero-order valence-corrected chi connectivity index (χ0v) is 20.1. The Morgan fingerprint density at radius 2 is 2.09 bits per heavy atom. The quantitative estimate of drug-likeness (QED) is 0.443. The van der Waals surface area contributed by atoms with E-state index in [1.807, 2.05) is 26.0 Å². The van der Waals surface area contributed by atoms with Gasteiger partial charge in [-0.2, -0.15) is 4.98 Å². The third-order valence-electron chi connectivity index (χ3n) is 5.11. The van der Waals surface area contributed by atoms with Crippen LogP contribution in [-0.2, 0) is 0 Å². The first-order valence-corrected chi connectivity index (χ1v) is 11.9. The number of thiazole rings is 1. The van der Waals surface area contributed by atoms with Gasteiger partial charge < -0.3 is 20.7 Å². The van der Waals surface area contributed by atoms with Crippen molar-refractivity contribution in [3.63, 3.8) is 0 Å². The predicted molar refractivity (Wildman–Crippen MR) is 131 cm³/mol. The highest BCUT2D eigenvalue weighted by Crippen LogP contribution is 2.28. The van der Waals surface area contributed by atoms with Crippen molar-refractivity contribution in [3.05, 3.63) is 51.6 Å². The topological polar surface area (TPSA) is 104 Å². The van der Waals surface area contributed by atoms with E-state index in [0.717, 1.165) is 44.0 Å². The van der Waals surface area contributed by atoms with E-state index >= 15 is 0 Å². The molecule has 4 rings (SSSR count). The number of hydrogen-bond donors (Lipinski definition) is 3. The lowest BCUT2D eigenvalue weighted by Gasteiger charge is -2.26. The third kappa shape index (κ3) is 6.38. The number of aromatic nitrogens is 3. The number of amides is 1. The Bertz CT molecular complexity index is 1100. The van der Waals surface area contributed by atoms with Crippen molar-refractivity contribution in [2.24, 2.45) is 0 Å². The SMILES string of the molecule is Cc1cc(Nc2ncc(C(=O)Nc3c(C)cccc3Cl)s2)nc(OCCN2CCNCC2)n1. The van der Waals surface area contributed by atoms with Crippen LogP contribution in [0.25, 0.3) is 0 Å². The molecular weight excluding hydrogens is 462 g/mol. The predicted octanol–water partition coefficient (Wildman–Crippen LogP) is 3.48. The van der Waals surface area contributed by atoms with Gasteiger partial charge in [0, 0.05) is 44.5 Å². The fourth-order valence-electron chi connectivity index (χ4n) is 3.38. The minimum atomic E-state index is -0.271. The van der Waals surface area contributed by atoms with Gasteiger partial charge in [-0.15, -0.1) is 0 Å². The maximum absolute atomic E-state index is 12.7. The summed E-state index contributed by atoms with van der Waals surface area (Å²) in [6.07, 6.45) is 1.52. The molecule has 1 fully saturated rings. The highest BCUT2D eigenvalue weighted by molar-refractivity contribution is 7.17. The van der Waals surface area contributed by atoms with E-state index in [2.05, 4.69) is 35.8 Å². The van der Waals surface area contributed by atoms with E-state index in [4.69, 9.17) is 16.3 Å². The molecule has 33 heavy (non-hydrogen) atoms. The van der Waals surface area contributed by atoms with Gasteiger partial charge in [-0.3, -0.25) is 9.69 Å². The molecule has 0 radical (unpaired) electrons. The van der Waals surface area contributed by atoms with Crippen LogP contribution in [0.4, 0.5) is 16.6 Å². The number of carbonyl (C=O) groups excluding carboxylic acids is 1. The molecule has 1 amide bonds. The fraction of sp³-hybridized carbons (Fsp3) is 0.364. The molecule has 11 heteroatoms. The molecule has 0 atom stereocenters. The summed E-state index contributed by atoms with van der Waals surface area (Å²) in [5, 5.41) is 10.4. The molecule has 1 aliphatic heterocycles. The van der Waals surface area contributed by atoms with Crippen molar-refractivity contribution >= 4 is 45.5 Å². The van der Waals surface area contributed by atoms with E-state index in [0.29, 0.717) is 39.2 Å². The van der Waals surface area contributed by atoms with Gasteiger partial charge in [-0.25, -0.2) is 9.97 Å². The smallest absolute Gasteiger partial charge is 0.318 e. The van der Waals surface area contributed by atoms with Gasteiger partial charge in [0.25, 0.3) is 5.91 Å². The fourth-order valence-corrected chi connectivity index (χ4v) is 4.37. The molecule has 3 aromatic rings. The van der Waals surface area contributed by atoms with Crippen LogP contribution < -0.4 is 20.7 Å². The number of ether oxygens (including phenoxy) is 1. The Kier molecular flexibility index (Phi) is 7.71. The highest BCUT2D eigenvalue weighted by atomic mass is 35.5. The van der Waals surface area contributed by atoms with Crippen LogP contribution in [0.2, 0.25) is 5.02 Å². The van der Waals surface area contributed by atoms with Crippen molar-refractivity contribution < 1.29 is 9.53 Å². The molecule has 1 aliphatic rings. The van der Waals surface area contributed by atoms with Crippen LogP contribution in [0.5, 0.6) is 6.01 Å². The summed E-state index contributed by atoms with van der Waals surface area (Å²) in [5.74, 6) is 0.287. The van der Waals surface area contributed by atoms with Crippen molar-refractivity contribution in [2.45, 2.75) is 13.8 Å². The summed E-state index contributed by atoms with van der Waals surface area (Å²) in [5.41, 5.74) is 2.26. The number of para-hydroxylation sites is 1. The first kappa shape index (κ1) is 23.4. The van der Waals surface area contributed by atoms with Gasteiger partial charge in [0.1, 0.15) is 17.3 Å². The van der Waals surface area contributed by atoms with Gasteiger partial charge in [-0.05, 0) is 25.5 Å². The number of anilines is 3. The Hall–Kier alpha value is -2.79. The van der Waals surface area contributed by atoms with Gasteiger partial charge in [0.05, 0.1) is 16.9 Å². The Balaban J connectivity index is 1.36. The summed E-state index contributed by atoms with van der Waals surface area (Å²) in [4.78, 5) is 28.5. The largest absolute Gasteiger partial charge is 0.462 e. The number of piperazine rings is 1. The summed E-state index contributed by atoms with van der Waals surface area (Å²) < 4.78 is 5.78. The third-order valence-corrected chi connectivity index (χ3v) is 6.33. The molecule has 9 nitrogen and oxygen atoms in total. The average molecular weight is 488 g/mol. The Morgan fingerprint density at radius 3 is 2.88 bits per heavy atom. The second-order valence-electron chi connectivity index (χ2n) is 7.66. The summed E-state index contributed by atoms with van der Waals surface area (Å²) in [6.45, 7) is 9.15. The van der Waals surface area contributed by atoms with Crippen LogP contribution in [0.15, 0.2) is 30.5 Å². The van der Waals surface area contributed by atoms with Crippen molar-refractivity contribution in [1.29, 1.82) is 0 Å². The van der Waals surface area contributed by atoms with Gasteiger partial charge in [0.2, 0.25) is 0 Å². The van der Waals surface area contributed by atoms with E-state index in [1.165, 1.54) is 17.5 Å². The Morgan fingerprint density at radius 1 is 1.27 bits per heavy atom. The zero-order valence-electron chi connectivity index (χ0n) is 18.5. The lowest BCUT2D eigenvalue weighted by atomic mass is 10.2. The van der Waals surface area contributed by atoms with Gasteiger partial charge in [-0.1, -0.05) is 35.1 Å². The molecule has 0 spiro atoms. The number of hydrogen-bond acceptors (Lipinski definition) is 9. The first-order valence-electron chi connectivity index (χ1n) is 10.7. The van der Waals surface area contributed by atoms with Crippen LogP contribution >= 0.6 is 22.9 Å². The monoisotopic (exact) mass is 487 g/mol. The van der Waals surface area contributed by atoms with Gasteiger partial charge in [0.15, 0.2) is 5.13 Å². The van der Waals surface area contributed by atoms with Crippen LogP contribution in [0, 0.1) is 13.8 Å². The average Bonchev–Trinajstić information content (AvgIpc) is 3.25. The number of benzene rings is 1. The molecule has 0 aliphatic carbocycles. The molecular formula is C22H26ClN7O2S. The van der Waals surface area contributed by atoms with Crippen LogP contribution in [0.3, 0.4) is 0 Å². The molecule has 1 aromatic carbocycles. The van der Waals surface area contributed by atoms with E-state index in [9.17, 15) is 4.79 Å².